The summed E-state index contributed by atoms with van der Waals surface area (Å²) in [6.07, 6.45) is 4.03. The fourth-order valence-electron chi connectivity index (χ4n) is 4.36. The number of fused-ring (bicyclic) bond motifs is 2. The fourth-order valence-corrected chi connectivity index (χ4v) is 4.36. The maximum atomic E-state index is 13.6. The van der Waals surface area contributed by atoms with E-state index in [0.717, 1.165) is 36.8 Å². The molecule has 3 aromatic rings. The second kappa shape index (κ2) is 9.21. The lowest BCUT2D eigenvalue weighted by Gasteiger charge is -2.09. The Morgan fingerprint density at radius 3 is 2.58 bits per heavy atom. The number of rotatable bonds is 4. The van der Waals surface area contributed by atoms with Gasteiger partial charge in [0.1, 0.15) is 17.3 Å². The molecule has 2 N–H and O–H groups in total. The molecule has 0 aromatic heterocycles. The predicted molar refractivity (Wildman–Crippen MR) is 116 cm³/mol. The number of carbonyl (C=O) groups is 1. The molecule has 1 aliphatic carbocycles. The van der Waals surface area contributed by atoms with Crippen molar-refractivity contribution >= 4 is 5.97 Å². The fraction of sp³-hybridized carbons (Fsp3) is 0.269. The Balaban J connectivity index is 0.000000152. The molecule has 0 saturated carbocycles. The number of carboxylic acids is 1. The van der Waals surface area contributed by atoms with E-state index in [1.807, 2.05) is 12.1 Å². The highest BCUT2D eigenvalue weighted by atomic mass is 19.1. The van der Waals surface area contributed by atoms with E-state index in [-0.39, 0.29) is 23.9 Å². The van der Waals surface area contributed by atoms with Crippen molar-refractivity contribution in [3.8, 4) is 11.5 Å². The van der Waals surface area contributed by atoms with Gasteiger partial charge in [-0.3, -0.25) is 4.79 Å². The summed E-state index contributed by atoms with van der Waals surface area (Å²) in [5, 5.41) is 17.8. The Labute approximate surface area is 180 Å². The first-order valence-electron chi connectivity index (χ1n) is 10.5. The highest BCUT2D eigenvalue weighted by Gasteiger charge is 2.26. The van der Waals surface area contributed by atoms with Gasteiger partial charge >= 0.3 is 5.97 Å². The summed E-state index contributed by atoms with van der Waals surface area (Å²) >= 11 is 0. The number of halogens is 1. The zero-order valence-electron chi connectivity index (χ0n) is 17.2. The Morgan fingerprint density at radius 2 is 1.81 bits per heavy atom. The quantitative estimate of drug-likeness (QED) is 0.605. The van der Waals surface area contributed by atoms with E-state index in [9.17, 15) is 9.18 Å². The van der Waals surface area contributed by atoms with Crippen LogP contribution in [0.15, 0.2) is 60.7 Å². The van der Waals surface area contributed by atoms with Crippen LogP contribution in [0.5, 0.6) is 11.5 Å². The van der Waals surface area contributed by atoms with Crippen molar-refractivity contribution in [1.29, 1.82) is 0 Å². The molecule has 160 valence electrons. The lowest BCUT2D eigenvalue weighted by atomic mass is 9.97. The van der Waals surface area contributed by atoms with Crippen molar-refractivity contribution in [2.24, 2.45) is 0 Å². The van der Waals surface area contributed by atoms with E-state index < -0.39 is 5.97 Å². The van der Waals surface area contributed by atoms with Crippen LogP contribution in [-0.2, 0) is 24.1 Å². The van der Waals surface area contributed by atoms with E-state index in [1.165, 1.54) is 22.8 Å². The molecule has 0 bridgehead atoms. The Morgan fingerprint density at radius 1 is 1.03 bits per heavy atom. The number of aromatic hydroxyl groups is 1. The molecule has 31 heavy (non-hydrogen) atoms. The van der Waals surface area contributed by atoms with E-state index >= 15 is 0 Å². The molecular weight excluding hydrogens is 395 g/mol. The topological polar surface area (TPSA) is 66.8 Å². The van der Waals surface area contributed by atoms with E-state index in [1.54, 1.807) is 18.2 Å². The van der Waals surface area contributed by atoms with Crippen molar-refractivity contribution in [3.63, 3.8) is 0 Å². The molecule has 3 aromatic carbocycles. The minimum Gasteiger partial charge on any atom is -0.508 e. The zero-order chi connectivity index (χ0) is 21.8. The zero-order valence-corrected chi connectivity index (χ0v) is 17.2. The number of carboxylic acid groups (broad SMARTS) is 1. The van der Waals surface area contributed by atoms with Gasteiger partial charge in [0.15, 0.2) is 0 Å². The van der Waals surface area contributed by atoms with Gasteiger partial charge in [-0.2, -0.15) is 0 Å². The van der Waals surface area contributed by atoms with Gasteiger partial charge in [0.2, 0.25) is 0 Å². The average Bonchev–Trinajstić information content (AvgIpc) is 3.39. The normalized spacial score (nSPS) is 16.0. The first kappa shape index (κ1) is 20.9. The monoisotopic (exact) mass is 420 g/mol. The molecule has 5 rings (SSSR count). The van der Waals surface area contributed by atoms with E-state index in [2.05, 4.69) is 24.3 Å². The molecule has 1 atom stereocenters. The number of phenolic OH excluding ortho intramolecular Hbond substituents is 1. The summed E-state index contributed by atoms with van der Waals surface area (Å²) in [5.74, 6) is -0.215. The summed E-state index contributed by atoms with van der Waals surface area (Å²) in [5.41, 5.74) is 5.68. The van der Waals surface area contributed by atoms with Crippen molar-refractivity contribution in [2.45, 2.75) is 38.0 Å². The Hall–Kier alpha value is -3.34. The molecule has 0 saturated heterocycles. The molecule has 0 fully saturated rings. The summed E-state index contributed by atoms with van der Waals surface area (Å²) in [6.45, 7) is 0.380. The Bertz CT molecular complexity index is 1080. The van der Waals surface area contributed by atoms with Crippen LogP contribution >= 0.6 is 0 Å². The molecule has 0 radical (unpaired) electrons. The third kappa shape index (κ3) is 4.88. The van der Waals surface area contributed by atoms with Crippen LogP contribution < -0.4 is 4.74 Å². The lowest BCUT2D eigenvalue weighted by Crippen LogP contribution is -2.07. The van der Waals surface area contributed by atoms with Gasteiger partial charge in [-0.15, -0.1) is 0 Å². The van der Waals surface area contributed by atoms with Gasteiger partial charge in [0, 0.05) is 17.5 Å². The van der Waals surface area contributed by atoms with Crippen LogP contribution in [-0.4, -0.2) is 22.8 Å². The van der Waals surface area contributed by atoms with Crippen LogP contribution in [0.4, 0.5) is 4.39 Å². The van der Waals surface area contributed by atoms with Crippen molar-refractivity contribution < 1.29 is 24.1 Å². The highest BCUT2D eigenvalue weighted by molar-refractivity contribution is 5.68. The second-order valence-corrected chi connectivity index (χ2v) is 8.01. The molecule has 4 nitrogen and oxygen atoms in total. The molecule has 1 unspecified atom stereocenters. The summed E-state index contributed by atoms with van der Waals surface area (Å²) in [4.78, 5) is 10.5. The first-order valence-corrected chi connectivity index (χ1v) is 10.5. The predicted octanol–water partition coefficient (Wildman–Crippen LogP) is 5.25. The number of phenols is 1. The van der Waals surface area contributed by atoms with Gasteiger partial charge in [0.25, 0.3) is 0 Å². The minimum absolute atomic E-state index is 0.0192. The molecule has 1 heterocycles. The molecule has 5 heteroatoms. The standard InChI is InChI=1S/C16H15F.C10H10O4/c17-16-10-9-13(14-7-4-8-15(14)16)11-12-5-2-1-3-6-12;11-7-1-2-8-6(3-10(12)13)5-14-9(8)4-7/h1-3,5-6,9-10H,4,7-8,11H2;1-2,4,6,11H,3,5H2,(H,12,13). The van der Waals surface area contributed by atoms with Crippen molar-refractivity contribution in [3.05, 3.63) is 94.3 Å². The number of ether oxygens (including phenoxy) is 1. The van der Waals surface area contributed by atoms with Crippen LogP contribution in [0.3, 0.4) is 0 Å². The van der Waals surface area contributed by atoms with Gasteiger partial charge < -0.3 is 14.9 Å². The minimum atomic E-state index is -0.834. The molecule has 1 aliphatic heterocycles. The van der Waals surface area contributed by atoms with Gasteiger partial charge in [-0.25, -0.2) is 4.39 Å². The Kier molecular flexibility index (Phi) is 6.21. The third-order valence-corrected chi connectivity index (χ3v) is 5.86. The highest BCUT2D eigenvalue weighted by Crippen LogP contribution is 2.37. The number of hydrogen-bond acceptors (Lipinski definition) is 3. The average molecular weight is 420 g/mol. The van der Waals surface area contributed by atoms with Gasteiger partial charge in [-0.05, 0) is 60.1 Å². The number of aliphatic carboxylic acids is 1. The summed E-state index contributed by atoms with van der Waals surface area (Å²) in [7, 11) is 0. The van der Waals surface area contributed by atoms with E-state index in [4.69, 9.17) is 14.9 Å². The smallest absolute Gasteiger partial charge is 0.304 e. The maximum Gasteiger partial charge on any atom is 0.304 e. The van der Waals surface area contributed by atoms with Crippen molar-refractivity contribution in [1.82, 2.24) is 0 Å². The van der Waals surface area contributed by atoms with Crippen molar-refractivity contribution in [2.75, 3.05) is 6.61 Å². The number of hydrogen-bond donors (Lipinski definition) is 2. The van der Waals surface area contributed by atoms with Gasteiger partial charge in [-0.1, -0.05) is 42.5 Å². The lowest BCUT2D eigenvalue weighted by molar-refractivity contribution is -0.137. The third-order valence-electron chi connectivity index (χ3n) is 5.86. The molecule has 0 spiro atoms. The molecule has 2 aliphatic rings. The van der Waals surface area contributed by atoms with Crippen LogP contribution in [0, 0.1) is 5.82 Å². The second-order valence-electron chi connectivity index (χ2n) is 8.01. The van der Waals surface area contributed by atoms with E-state index in [0.29, 0.717) is 12.4 Å². The largest absolute Gasteiger partial charge is 0.508 e. The maximum absolute atomic E-state index is 13.6. The number of benzene rings is 3. The van der Waals surface area contributed by atoms with Crippen LogP contribution in [0.1, 0.15) is 46.6 Å². The molecular formula is C26H25FO4. The van der Waals surface area contributed by atoms with Crippen LogP contribution in [0.25, 0.3) is 0 Å². The summed E-state index contributed by atoms with van der Waals surface area (Å²) < 4.78 is 18.9. The SMILES string of the molecule is Fc1ccc(Cc2ccccc2)c2c1CCC2.O=C(O)CC1COc2cc(O)ccc21. The first-order chi connectivity index (χ1) is 15.0. The summed E-state index contributed by atoms with van der Waals surface area (Å²) in [6, 6.07) is 18.7. The molecule has 0 amide bonds. The van der Waals surface area contributed by atoms with Crippen LogP contribution in [0.2, 0.25) is 0 Å². The van der Waals surface area contributed by atoms with Gasteiger partial charge in [0.05, 0.1) is 13.0 Å².